The molecule has 43 heavy (non-hydrogen) atoms. The van der Waals surface area contributed by atoms with Crippen molar-refractivity contribution in [1.29, 1.82) is 0 Å². The number of ether oxygens (including phenoxy) is 2. The molecule has 0 radical (unpaired) electrons. The van der Waals surface area contributed by atoms with Crippen molar-refractivity contribution in [1.82, 2.24) is 16.0 Å². The van der Waals surface area contributed by atoms with Gasteiger partial charge >= 0.3 is 0 Å². The van der Waals surface area contributed by atoms with Gasteiger partial charge in [-0.05, 0) is 24.8 Å². The van der Waals surface area contributed by atoms with Crippen LogP contribution in [0, 0.1) is 0 Å². The average Bonchev–Trinajstić information content (AvgIpc) is 2.99. The van der Waals surface area contributed by atoms with Crippen LogP contribution in [0.4, 0.5) is 0 Å². The summed E-state index contributed by atoms with van der Waals surface area (Å²) in [4.78, 5) is 35.6. The van der Waals surface area contributed by atoms with Crippen molar-refractivity contribution in [3.8, 4) is 0 Å². The second kappa shape index (κ2) is 21.2. The normalized spacial score (nSPS) is 22.5. The number of aliphatic hydroxyl groups excluding tert-OH is 3. The molecule has 0 saturated carbocycles. The van der Waals surface area contributed by atoms with Crippen LogP contribution < -0.4 is 21.7 Å². The standard InChI is InChI=1S/C31H52N4O8/c1-22(37)35-27-29(40)28(39)25(21-36)43-31(27)42-18-14-9-7-5-3-2-4-6-8-13-17-33-26(38)20-34-30(41)24(32)19-23-15-11-10-12-16-23/h10-12,15-16,24-25,27-29,31,36,39-40H,2-9,13-14,17-21,32H2,1H3,(H,33,38)(H,34,41)(H,35,37)/t24?,25-,27-,28-,29-,31-/m1/s1. The van der Waals surface area contributed by atoms with E-state index in [2.05, 4.69) is 16.0 Å². The predicted molar refractivity (Wildman–Crippen MR) is 162 cm³/mol. The van der Waals surface area contributed by atoms with Crippen LogP contribution in [0.25, 0.3) is 0 Å². The molecular formula is C31H52N4O8. The maximum atomic E-state index is 12.1. The molecule has 6 atom stereocenters. The van der Waals surface area contributed by atoms with Crippen LogP contribution in [-0.4, -0.2) is 96.0 Å². The van der Waals surface area contributed by atoms with Gasteiger partial charge < -0.3 is 46.5 Å². The molecule has 0 bridgehead atoms. The van der Waals surface area contributed by atoms with Gasteiger partial charge in [-0.3, -0.25) is 14.4 Å². The van der Waals surface area contributed by atoms with E-state index in [4.69, 9.17) is 15.2 Å². The maximum Gasteiger partial charge on any atom is 0.239 e. The van der Waals surface area contributed by atoms with Crippen LogP contribution in [0.3, 0.4) is 0 Å². The molecule has 1 unspecified atom stereocenters. The Morgan fingerprint density at radius 1 is 0.907 bits per heavy atom. The van der Waals surface area contributed by atoms with Gasteiger partial charge in [0.15, 0.2) is 6.29 Å². The average molecular weight is 609 g/mol. The third-order valence-electron chi connectivity index (χ3n) is 7.48. The number of amides is 3. The molecule has 1 aromatic rings. The summed E-state index contributed by atoms with van der Waals surface area (Å²) in [5.41, 5.74) is 6.91. The highest BCUT2D eigenvalue weighted by Crippen LogP contribution is 2.22. The highest BCUT2D eigenvalue weighted by atomic mass is 16.7. The van der Waals surface area contributed by atoms with Crippen LogP contribution in [0.5, 0.6) is 0 Å². The van der Waals surface area contributed by atoms with Crippen LogP contribution in [0.1, 0.15) is 76.7 Å². The van der Waals surface area contributed by atoms with Gasteiger partial charge in [0.2, 0.25) is 17.7 Å². The summed E-state index contributed by atoms with van der Waals surface area (Å²) in [5.74, 6) is -0.922. The van der Waals surface area contributed by atoms with Crippen molar-refractivity contribution < 1.29 is 39.2 Å². The van der Waals surface area contributed by atoms with Gasteiger partial charge in [0, 0.05) is 20.1 Å². The summed E-state index contributed by atoms with van der Waals surface area (Å²) in [6.07, 6.45) is 6.39. The van der Waals surface area contributed by atoms with Crippen LogP contribution in [-0.2, 0) is 30.3 Å². The number of carbonyl (C=O) groups is 3. The van der Waals surface area contributed by atoms with E-state index in [0.29, 0.717) is 19.6 Å². The fourth-order valence-corrected chi connectivity index (χ4v) is 5.00. The lowest BCUT2D eigenvalue weighted by Crippen LogP contribution is -2.64. The van der Waals surface area contributed by atoms with E-state index < -0.39 is 43.3 Å². The van der Waals surface area contributed by atoms with Gasteiger partial charge in [-0.15, -0.1) is 0 Å². The highest BCUT2D eigenvalue weighted by molar-refractivity contribution is 5.87. The lowest BCUT2D eigenvalue weighted by atomic mass is 9.97. The Morgan fingerprint density at radius 3 is 2.12 bits per heavy atom. The van der Waals surface area contributed by atoms with Crippen LogP contribution in [0.2, 0.25) is 0 Å². The first-order valence-corrected chi connectivity index (χ1v) is 15.6. The third kappa shape index (κ3) is 14.6. The second-order valence-electron chi connectivity index (χ2n) is 11.2. The zero-order valence-electron chi connectivity index (χ0n) is 25.4. The molecule has 1 fully saturated rings. The Labute approximate surface area is 255 Å². The number of nitrogens with two attached hydrogens (primary N) is 1. The van der Waals surface area contributed by atoms with Crippen molar-refractivity contribution in [2.75, 3.05) is 26.3 Å². The van der Waals surface area contributed by atoms with E-state index in [1.807, 2.05) is 30.3 Å². The van der Waals surface area contributed by atoms with E-state index in [1.165, 1.54) is 6.92 Å². The fourth-order valence-electron chi connectivity index (χ4n) is 5.00. The van der Waals surface area contributed by atoms with Crippen molar-refractivity contribution in [2.24, 2.45) is 5.73 Å². The summed E-state index contributed by atoms with van der Waals surface area (Å²) < 4.78 is 11.3. The lowest BCUT2D eigenvalue weighted by Gasteiger charge is -2.42. The molecule has 0 aromatic heterocycles. The van der Waals surface area contributed by atoms with Crippen LogP contribution in [0.15, 0.2) is 30.3 Å². The molecule has 244 valence electrons. The number of hydrogen-bond acceptors (Lipinski definition) is 9. The lowest BCUT2D eigenvalue weighted by molar-refractivity contribution is -0.270. The van der Waals surface area contributed by atoms with Crippen LogP contribution >= 0.6 is 0 Å². The predicted octanol–water partition coefficient (Wildman–Crippen LogP) is 0.650. The van der Waals surface area contributed by atoms with Crippen molar-refractivity contribution >= 4 is 17.7 Å². The van der Waals surface area contributed by atoms with E-state index >= 15 is 0 Å². The minimum Gasteiger partial charge on any atom is -0.394 e. The molecule has 0 aliphatic carbocycles. The zero-order chi connectivity index (χ0) is 31.5. The van der Waals surface area contributed by atoms with Gasteiger partial charge in [0.05, 0.1) is 19.2 Å². The molecule has 1 aliphatic rings. The van der Waals surface area contributed by atoms with E-state index in [-0.39, 0.29) is 24.3 Å². The van der Waals surface area contributed by atoms with Gasteiger partial charge in [0.25, 0.3) is 0 Å². The van der Waals surface area contributed by atoms with Crippen molar-refractivity contribution in [3.05, 3.63) is 35.9 Å². The molecule has 8 N–H and O–H groups in total. The van der Waals surface area contributed by atoms with Gasteiger partial charge in [0.1, 0.15) is 24.4 Å². The van der Waals surface area contributed by atoms with E-state index in [0.717, 1.165) is 69.8 Å². The van der Waals surface area contributed by atoms with Gasteiger partial charge in [-0.1, -0.05) is 81.7 Å². The summed E-state index contributed by atoms with van der Waals surface area (Å²) in [5, 5.41) is 37.7. The Bertz CT molecular complexity index is 938. The zero-order valence-corrected chi connectivity index (χ0v) is 25.4. The topological polar surface area (TPSA) is 192 Å². The Balaban J connectivity index is 1.41. The first-order valence-electron chi connectivity index (χ1n) is 15.6. The summed E-state index contributed by atoms with van der Waals surface area (Å²) >= 11 is 0. The molecule has 1 heterocycles. The highest BCUT2D eigenvalue weighted by Gasteiger charge is 2.45. The van der Waals surface area contributed by atoms with Crippen molar-refractivity contribution in [3.63, 3.8) is 0 Å². The Morgan fingerprint density at radius 2 is 1.51 bits per heavy atom. The number of nitrogens with one attached hydrogen (secondary N) is 3. The molecule has 12 heteroatoms. The molecule has 1 saturated heterocycles. The minimum absolute atomic E-state index is 0.0726. The first kappa shape index (κ1) is 36.6. The number of rotatable bonds is 21. The number of hydrogen-bond donors (Lipinski definition) is 7. The third-order valence-corrected chi connectivity index (χ3v) is 7.48. The minimum atomic E-state index is -1.32. The number of unbranched alkanes of at least 4 members (excludes halogenated alkanes) is 9. The molecule has 0 spiro atoms. The SMILES string of the molecule is CC(=O)N[C@H]1[C@H](OCCCCCCCCCCCCNC(=O)CNC(=O)C(N)Cc2ccccc2)O[C@H](CO)[C@@H](O)[C@@H]1O. The molecule has 12 nitrogen and oxygen atoms in total. The maximum absolute atomic E-state index is 12.1. The molecule has 1 aliphatic heterocycles. The van der Waals surface area contributed by atoms with E-state index in [9.17, 15) is 29.7 Å². The van der Waals surface area contributed by atoms with Gasteiger partial charge in [-0.25, -0.2) is 0 Å². The fraction of sp³-hybridized carbons (Fsp3) is 0.710. The molecule has 2 rings (SSSR count). The second-order valence-corrected chi connectivity index (χ2v) is 11.2. The first-order chi connectivity index (χ1) is 20.7. The molecule has 1 aromatic carbocycles. The van der Waals surface area contributed by atoms with E-state index in [1.54, 1.807) is 0 Å². The summed E-state index contributed by atoms with van der Waals surface area (Å²) in [7, 11) is 0. The van der Waals surface area contributed by atoms with Gasteiger partial charge in [-0.2, -0.15) is 0 Å². The Hall–Kier alpha value is -2.61. The number of aliphatic hydroxyl groups is 3. The van der Waals surface area contributed by atoms with Crippen molar-refractivity contribution in [2.45, 2.75) is 114 Å². The smallest absolute Gasteiger partial charge is 0.239 e. The number of carbonyl (C=O) groups excluding carboxylic acids is 3. The quantitative estimate of drug-likeness (QED) is 0.0982. The molecule has 3 amide bonds. The largest absolute Gasteiger partial charge is 0.394 e. The Kier molecular flexibility index (Phi) is 18.0. The summed E-state index contributed by atoms with van der Waals surface area (Å²) in [6, 6.07) is 7.93. The summed E-state index contributed by atoms with van der Waals surface area (Å²) in [6.45, 7) is 1.74. The number of benzene rings is 1. The monoisotopic (exact) mass is 608 g/mol. The molecular weight excluding hydrogens is 556 g/mol.